The summed E-state index contributed by atoms with van der Waals surface area (Å²) < 4.78 is 38.6. The molecule has 1 fully saturated rings. The summed E-state index contributed by atoms with van der Waals surface area (Å²) in [6, 6.07) is 12.7. The fraction of sp³-hybridized carbons (Fsp3) is 0.350. The maximum atomic E-state index is 12.9. The van der Waals surface area contributed by atoms with E-state index in [1.54, 1.807) is 23.1 Å². The second-order valence-corrected chi connectivity index (χ2v) is 6.98. The zero-order chi connectivity index (χ0) is 19.4. The summed E-state index contributed by atoms with van der Waals surface area (Å²) in [4.78, 5) is 16.1. The highest BCUT2D eigenvalue weighted by Crippen LogP contribution is 2.31. The van der Waals surface area contributed by atoms with E-state index in [0.717, 1.165) is 17.7 Å². The number of alkyl halides is 3. The van der Waals surface area contributed by atoms with E-state index in [4.69, 9.17) is 11.6 Å². The zero-order valence-electron chi connectivity index (χ0n) is 14.7. The Bertz CT molecular complexity index is 785. The van der Waals surface area contributed by atoms with E-state index in [-0.39, 0.29) is 5.91 Å². The van der Waals surface area contributed by atoms with Crippen LogP contribution in [0.5, 0.6) is 0 Å². The molecule has 0 saturated carbocycles. The van der Waals surface area contributed by atoms with Crippen LogP contribution in [-0.2, 0) is 17.4 Å². The van der Waals surface area contributed by atoms with Crippen LogP contribution in [0.25, 0.3) is 0 Å². The highest BCUT2D eigenvalue weighted by molar-refractivity contribution is 6.30. The lowest BCUT2D eigenvalue weighted by atomic mass is 10.1. The van der Waals surface area contributed by atoms with Crippen molar-refractivity contribution < 1.29 is 18.0 Å². The van der Waals surface area contributed by atoms with Gasteiger partial charge in [-0.25, -0.2) is 0 Å². The van der Waals surface area contributed by atoms with Crippen molar-refractivity contribution in [1.29, 1.82) is 0 Å². The number of hydrogen-bond donors (Lipinski definition) is 0. The summed E-state index contributed by atoms with van der Waals surface area (Å²) >= 11 is 5.85. The Morgan fingerprint density at radius 1 is 1.00 bits per heavy atom. The molecule has 0 spiro atoms. The molecular weight excluding hydrogens is 377 g/mol. The number of piperazine rings is 1. The number of carbonyl (C=O) groups is 1. The van der Waals surface area contributed by atoms with Gasteiger partial charge < -0.3 is 9.80 Å². The Kier molecular flexibility index (Phi) is 5.95. The Morgan fingerprint density at radius 2 is 1.67 bits per heavy atom. The number of anilines is 1. The number of benzene rings is 2. The van der Waals surface area contributed by atoms with Gasteiger partial charge in [-0.05, 0) is 42.3 Å². The number of aryl methyl sites for hydroxylation is 1. The standard InChI is InChI=1S/C20H20ClF3N2O/c21-17-7-4-15(5-8-17)6-9-19(27)26-12-10-25(11-13-26)18-3-1-2-16(14-18)20(22,23)24/h1-5,7-8,14H,6,9-13H2. The lowest BCUT2D eigenvalue weighted by molar-refractivity contribution is -0.137. The second-order valence-electron chi connectivity index (χ2n) is 6.54. The number of rotatable bonds is 4. The van der Waals surface area contributed by atoms with Crippen molar-refractivity contribution >= 4 is 23.2 Å². The van der Waals surface area contributed by atoms with Crippen LogP contribution in [0.4, 0.5) is 18.9 Å². The summed E-state index contributed by atoms with van der Waals surface area (Å²) in [5, 5.41) is 0.663. The zero-order valence-corrected chi connectivity index (χ0v) is 15.4. The number of halogens is 4. The Morgan fingerprint density at radius 3 is 2.30 bits per heavy atom. The third kappa shape index (κ3) is 5.16. The van der Waals surface area contributed by atoms with Gasteiger partial charge in [-0.1, -0.05) is 29.8 Å². The first-order valence-corrected chi connectivity index (χ1v) is 9.15. The monoisotopic (exact) mass is 396 g/mol. The van der Waals surface area contributed by atoms with Gasteiger partial charge in [-0.2, -0.15) is 13.2 Å². The average molecular weight is 397 g/mol. The maximum absolute atomic E-state index is 12.9. The minimum Gasteiger partial charge on any atom is -0.368 e. The Hall–Kier alpha value is -2.21. The Balaban J connectivity index is 1.52. The molecule has 1 aliphatic rings. The van der Waals surface area contributed by atoms with Gasteiger partial charge in [-0.15, -0.1) is 0 Å². The van der Waals surface area contributed by atoms with Gasteiger partial charge in [-0.3, -0.25) is 4.79 Å². The van der Waals surface area contributed by atoms with Crippen LogP contribution < -0.4 is 4.90 Å². The van der Waals surface area contributed by atoms with Gasteiger partial charge >= 0.3 is 6.18 Å². The van der Waals surface area contributed by atoms with E-state index in [1.807, 2.05) is 17.0 Å². The average Bonchev–Trinajstić information content (AvgIpc) is 2.67. The number of amides is 1. The van der Waals surface area contributed by atoms with Crippen LogP contribution in [0, 0.1) is 0 Å². The van der Waals surface area contributed by atoms with Crippen molar-refractivity contribution in [3.8, 4) is 0 Å². The molecule has 0 aromatic heterocycles. The first-order chi connectivity index (χ1) is 12.8. The molecule has 1 saturated heterocycles. The lowest BCUT2D eigenvalue weighted by Crippen LogP contribution is -2.48. The third-order valence-corrected chi connectivity index (χ3v) is 4.96. The summed E-state index contributed by atoms with van der Waals surface area (Å²) in [5.74, 6) is 0.0636. The number of hydrogen-bond acceptors (Lipinski definition) is 2. The van der Waals surface area contributed by atoms with Gasteiger partial charge in [0.15, 0.2) is 0 Å². The highest BCUT2D eigenvalue weighted by Gasteiger charge is 2.31. The molecule has 0 N–H and O–H groups in total. The van der Waals surface area contributed by atoms with Crippen LogP contribution in [0.1, 0.15) is 17.5 Å². The molecule has 1 aliphatic heterocycles. The second kappa shape index (κ2) is 8.21. The summed E-state index contributed by atoms with van der Waals surface area (Å²) in [6.07, 6.45) is -3.30. The molecule has 0 atom stereocenters. The minimum absolute atomic E-state index is 0.0636. The molecule has 0 aliphatic carbocycles. The lowest BCUT2D eigenvalue weighted by Gasteiger charge is -2.36. The quantitative estimate of drug-likeness (QED) is 0.751. The molecule has 3 nitrogen and oxygen atoms in total. The minimum atomic E-state index is -4.35. The SMILES string of the molecule is O=C(CCc1ccc(Cl)cc1)N1CCN(c2cccc(C(F)(F)F)c2)CC1. The van der Waals surface area contributed by atoms with Gasteiger partial charge in [0.05, 0.1) is 5.56 Å². The van der Waals surface area contributed by atoms with E-state index in [9.17, 15) is 18.0 Å². The largest absolute Gasteiger partial charge is 0.416 e. The predicted molar refractivity (Wildman–Crippen MR) is 100 cm³/mol. The van der Waals surface area contributed by atoms with Crippen LogP contribution in [-0.4, -0.2) is 37.0 Å². The maximum Gasteiger partial charge on any atom is 0.416 e. The van der Waals surface area contributed by atoms with Crippen LogP contribution in [0.2, 0.25) is 5.02 Å². The van der Waals surface area contributed by atoms with E-state index in [0.29, 0.717) is 49.7 Å². The molecule has 27 heavy (non-hydrogen) atoms. The normalized spacial score (nSPS) is 15.1. The topological polar surface area (TPSA) is 23.6 Å². The first kappa shape index (κ1) is 19.5. The summed E-state index contributed by atoms with van der Waals surface area (Å²) in [6.45, 7) is 2.06. The van der Waals surface area contributed by atoms with Crippen molar-refractivity contribution in [2.45, 2.75) is 19.0 Å². The van der Waals surface area contributed by atoms with Crippen LogP contribution in [0.3, 0.4) is 0 Å². The molecule has 0 radical (unpaired) electrons. The Labute approximate surface area is 161 Å². The molecule has 7 heteroatoms. The van der Waals surface area contributed by atoms with Gasteiger partial charge in [0.1, 0.15) is 0 Å². The fourth-order valence-electron chi connectivity index (χ4n) is 3.15. The van der Waals surface area contributed by atoms with Crippen LogP contribution >= 0.6 is 11.6 Å². The van der Waals surface area contributed by atoms with Crippen LogP contribution in [0.15, 0.2) is 48.5 Å². The molecule has 3 rings (SSSR count). The van der Waals surface area contributed by atoms with Gasteiger partial charge in [0.25, 0.3) is 0 Å². The first-order valence-electron chi connectivity index (χ1n) is 8.77. The predicted octanol–water partition coefficient (Wildman–Crippen LogP) is 4.64. The molecule has 1 heterocycles. The molecule has 2 aromatic rings. The summed E-state index contributed by atoms with van der Waals surface area (Å²) in [7, 11) is 0. The van der Waals surface area contributed by atoms with E-state index >= 15 is 0 Å². The molecule has 1 amide bonds. The van der Waals surface area contributed by atoms with E-state index < -0.39 is 11.7 Å². The van der Waals surface area contributed by atoms with Crippen molar-refractivity contribution in [1.82, 2.24) is 4.90 Å². The molecule has 144 valence electrons. The third-order valence-electron chi connectivity index (χ3n) is 4.71. The molecule has 2 aromatic carbocycles. The van der Waals surface area contributed by atoms with E-state index in [1.165, 1.54) is 6.07 Å². The van der Waals surface area contributed by atoms with Crippen molar-refractivity contribution in [3.63, 3.8) is 0 Å². The van der Waals surface area contributed by atoms with Crippen molar-refractivity contribution in [2.75, 3.05) is 31.1 Å². The van der Waals surface area contributed by atoms with Crippen molar-refractivity contribution in [2.24, 2.45) is 0 Å². The number of nitrogens with zero attached hydrogens (tertiary/aromatic N) is 2. The smallest absolute Gasteiger partial charge is 0.368 e. The molecule has 0 unspecified atom stereocenters. The summed E-state index contributed by atoms with van der Waals surface area (Å²) in [5.41, 5.74) is 0.940. The molecule has 0 bridgehead atoms. The fourth-order valence-corrected chi connectivity index (χ4v) is 3.28. The van der Waals surface area contributed by atoms with E-state index in [2.05, 4.69) is 0 Å². The van der Waals surface area contributed by atoms with Crippen molar-refractivity contribution in [3.05, 3.63) is 64.7 Å². The molecular formula is C20H20ClF3N2O. The van der Waals surface area contributed by atoms with Gasteiger partial charge in [0.2, 0.25) is 5.91 Å². The highest BCUT2D eigenvalue weighted by atomic mass is 35.5. The number of carbonyl (C=O) groups excluding carboxylic acids is 1. The van der Waals surface area contributed by atoms with Gasteiger partial charge in [0, 0.05) is 43.3 Å².